The van der Waals surface area contributed by atoms with Crippen molar-refractivity contribution in [1.82, 2.24) is 15.5 Å². The SMILES string of the molecule is CCCC[C@]1(c2ccc(F)cc2)NC(=O)N(CC(=O)N[C@@](C)(C#N)C2CC2)C1=O. The summed E-state index contributed by atoms with van der Waals surface area (Å²) in [7, 11) is 0. The summed E-state index contributed by atoms with van der Waals surface area (Å²) in [6.07, 6.45) is 3.53. The van der Waals surface area contributed by atoms with Crippen molar-refractivity contribution < 1.29 is 18.8 Å². The van der Waals surface area contributed by atoms with Gasteiger partial charge in [0.15, 0.2) is 0 Å². The molecule has 2 atom stereocenters. The molecule has 8 heteroatoms. The Morgan fingerprint density at radius 2 is 2.03 bits per heavy atom. The van der Waals surface area contributed by atoms with Gasteiger partial charge in [0.05, 0.1) is 6.07 Å². The van der Waals surface area contributed by atoms with E-state index in [4.69, 9.17) is 0 Å². The molecule has 0 aromatic heterocycles. The number of hydrogen-bond donors (Lipinski definition) is 2. The van der Waals surface area contributed by atoms with Crippen LogP contribution in [0.15, 0.2) is 24.3 Å². The molecular weight excluding hydrogens is 375 g/mol. The summed E-state index contributed by atoms with van der Waals surface area (Å²) in [6.45, 7) is 3.15. The summed E-state index contributed by atoms with van der Waals surface area (Å²) in [5.74, 6) is -1.46. The quantitative estimate of drug-likeness (QED) is 0.655. The zero-order valence-electron chi connectivity index (χ0n) is 16.6. The number of nitrogens with zero attached hydrogens (tertiary/aromatic N) is 2. The van der Waals surface area contributed by atoms with Crippen LogP contribution in [-0.4, -0.2) is 34.8 Å². The number of hydrogen-bond acceptors (Lipinski definition) is 4. The molecule has 2 fully saturated rings. The first-order valence-corrected chi connectivity index (χ1v) is 9.88. The topological polar surface area (TPSA) is 102 Å². The van der Waals surface area contributed by atoms with Crippen LogP contribution in [0.4, 0.5) is 9.18 Å². The van der Waals surface area contributed by atoms with Crippen LogP contribution in [0.1, 0.15) is 51.5 Å². The summed E-state index contributed by atoms with van der Waals surface area (Å²) in [4.78, 5) is 39.2. The molecular formula is C21H25FN4O3. The van der Waals surface area contributed by atoms with Crippen LogP contribution in [-0.2, 0) is 15.1 Å². The number of urea groups is 1. The minimum absolute atomic E-state index is 0.0856. The first-order valence-electron chi connectivity index (χ1n) is 9.88. The fourth-order valence-corrected chi connectivity index (χ4v) is 3.81. The van der Waals surface area contributed by atoms with Crippen LogP contribution in [0.5, 0.6) is 0 Å². The molecule has 0 radical (unpaired) electrons. The summed E-state index contributed by atoms with van der Waals surface area (Å²) in [5, 5.41) is 14.8. The van der Waals surface area contributed by atoms with Crippen LogP contribution < -0.4 is 10.6 Å². The van der Waals surface area contributed by atoms with E-state index in [1.165, 1.54) is 24.3 Å². The lowest BCUT2D eigenvalue weighted by Crippen LogP contribution is -2.51. The average molecular weight is 400 g/mol. The largest absolute Gasteiger partial charge is 0.336 e. The molecule has 7 nitrogen and oxygen atoms in total. The lowest BCUT2D eigenvalue weighted by Gasteiger charge is -2.28. The van der Waals surface area contributed by atoms with Crippen molar-refractivity contribution in [3.05, 3.63) is 35.6 Å². The molecule has 4 amide bonds. The molecule has 0 unspecified atom stereocenters. The van der Waals surface area contributed by atoms with Gasteiger partial charge in [0.25, 0.3) is 5.91 Å². The molecule has 1 aromatic carbocycles. The molecule has 0 bridgehead atoms. The van der Waals surface area contributed by atoms with E-state index in [0.29, 0.717) is 18.4 Å². The highest BCUT2D eigenvalue weighted by Crippen LogP contribution is 2.39. The van der Waals surface area contributed by atoms with Crippen LogP contribution in [0.25, 0.3) is 0 Å². The molecule has 1 saturated carbocycles. The second kappa shape index (κ2) is 7.82. The van der Waals surface area contributed by atoms with E-state index >= 15 is 0 Å². The van der Waals surface area contributed by atoms with E-state index < -0.39 is 41.3 Å². The normalized spacial score (nSPS) is 23.3. The van der Waals surface area contributed by atoms with Crippen molar-refractivity contribution in [2.45, 2.75) is 57.0 Å². The Bertz CT molecular complexity index is 862. The highest BCUT2D eigenvalue weighted by Gasteiger charge is 2.52. The van der Waals surface area contributed by atoms with Crippen molar-refractivity contribution in [2.75, 3.05) is 6.54 Å². The van der Waals surface area contributed by atoms with Gasteiger partial charge < -0.3 is 10.6 Å². The van der Waals surface area contributed by atoms with Gasteiger partial charge in [-0.15, -0.1) is 0 Å². The Morgan fingerprint density at radius 3 is 2.59 bits per heavy atom. The Hall–Kier alpha value is -2.95. The fourth-order valence-electron chi connectivity index (χ4n) is 3.81. The Kier molecular flexibility index (Phi) is 5.60. The zero-order valence-corrected chi connectivity index (χ0v) is 16.6. The van der Waals surface area contributed by atoms with E-state index in [2.05, 4.69) is 16.7 Å². The third-order valence-electron chi connectivity index (χ3n) is 5.74. The summed E-state index contributed by atoms with van der Waals surface area (Å²) in [5.41, 5.74) is -1.85. The first-order chi connectivity index (χ1) is 13.8. The lowest BCUT2D eigenvalue weighted by atomic mass is 9.85. The van der Waals surface area contributed by atoms with Gasteiger partial charge in [-0.05, 0) is 49.8 Å². The molecule has 2 aliphatic rings. The van der Waals surface area contributed by atoms with E-state index in [1.807, 2.05) is 6.92 Å². The van der Waals surface area contributed by atoms with Crippen LogP contribution >= 0.6 is 0 Å². The Labute approximate surface area is 169 Å². The number of halogens is 1. The number of nitrogens with one attached hydrogen (secondary N) is 2. The number of unbranched alkanes of at least 4 members (excludes halogenated alkanes) is 1. The molecule has 1 aliphatic carbocycles. The molecule has 1 aliphatic heterocycles. The predicted octanol–water partition coefficient (Wildman–Crippen LogP) is 2.57. The summed E-state index contributed by atoms with van der Waals surface area (Å²) in [6, 6.07) is 6.89. The van der Waals surface area contributed by atoms with Gasteiger partial charge in [0, 0.05) is 0 Å². The first kappa shape index (κ1) is 20.8. The molecule has 3 rings (SSSR count). The highest BCUT2D eigenvalue weighted by molar-refractivity contribution is 6.09. The lowest BCUT2D eigenvalue weighted by molar-refractivity contribution is -0.136. The van der Waals surface area contributed by atoms with E-state index in [1.54, 1.807) is 6.92 Å². The number of imide groups is 1. The van der Waals surface area contributed by atoms with Gasteiger partial charge in [-0.25, -0.2) is 9.18 Å². The zero-order chi connectivity index (χ0) is 21.2. The van der Waals surface area contributed by atoms with Crippen molar-refractivity contribution in [3.8, 4) is 6.07 Å². The van der Waals surface area contributed by atoms with Crippen LogP contribution in [0.2, 0.25) is 0 Å². The maximum atomic E-state index is 13.4. The number of carbonyl (C=O) groups is 3. The monoisotopic (exact) mass is 400 g/mol. The van der Waals surface area contributed by atoms with Crippen molar-refractivity contribution in [1.29, 1.82) is 5.26 Å². The molecule has 1 aromatic rings. The van der Waals surface area contributed by atoms with E-state index in [9.17, 15) is 24.0 Å². The third-order valence-corrected chi connectivity index (χ3v) is 5.74. The Morgan fingerprint density at radius 1 is 1.38 bits per heavy atom. The van der Waals surface area contributed by atoms with Gasteiger partial charge in [0.1, 0.15) is 23.4 Å². The van der Waals surface area contributed by atoms with Gasteiger partial charge in [-0.1, -0.05) is 31.9 Å². The number of benzene rings is 1. The van der Waals surface area contributed by atoms with Crippen LogP contribution in [0.3, 0.4) is 0 Å². The standard InChI is InChI=1S/C21H25FN4O3/c1-3-4-11-21(15-7-9-16(22)10-8-15)18(28)26(19(29)25-21)12-17(27)24-20(2,13-23)14-5-6-14/h7-10,14H,3-6,11-12H2,1-2H3,(H,24,27)(H,25,29)/t20-,21+/m0/s1. The van der Waals surface area contributed by atoms with E-state index in [0.717, 1.165) is 24.2 Å². The van der Waals surface area contributed by atoms with Gasteiger partial charge in [-0.2, -0.15) is 5.26 Å². The summed E-state index contributed by atoms with van der Waals surface area (Å²) < 4.78 is 13.4. The Balaban J connectivity index is 1.81. The van der Waals surface area contributed by atoms with E-state index in [-0.39, 0.29) is 5.92 Å². The second-order valence-corrected chi connectivity index (χ2v) is 7.97. The minimum atomic E-state index is -1.32. The average Bonchev–Trinajstić information content (AvgIpc) is 3.52. The minimum Gasteiger partial charge on any atom is -0.336 e. The maximum Gasteiger partial charge on any atom is 0.325 e. The molecule has 154 valence electrons. The highest BCUT2D eigenvalue weighted by atomic mass is 19.1. The second-order valence-electron chi connectivity index (χ2n) is 7.97. The smallest absolute Gasteiger partial charge is 0.325 e. The number of nitriles is 1. The number of rotatable bonds is 8. The molecule has 1 heterocycles. The molecule has 1 saturated heterocycles. The number of carbonyl (C=O) groups excluding carboxylic acids is 3. The predicted molar refractivity (Wildman–Crippen MR) is 103 cm³/mol. The van der Waals surface area contributed by atoms with Gasteiger partial charge in [-0.3, -0.25) is 14.5 Å². The van der Waals surface area contributed by atoms with Crippen LogP contribution in [0, 0.1) is 23.1 Å². The van der Waals surface area contributed by atoms with Gasteiger partial charge >= 0.3 is 6.03 Å². The van der Waals surface area contributed by atoms with Gasteiger partial charge in [0.2, 0.25) is 5.91 Å². The fraction of sp³-hybridized carbons (Fsp3) is 0.524. The molecule has 0 spiro atoms. The number of amides is 4. The summed E-state index contributed by atoms with van der Waals surface area (Å²) >= 11 is 0. The van der Waals surface area contributed by atoms with Crippen molar-refractivity contribution >= 4 is 17.8 Å². The molecule has 29 heavy (non-hydrogen) atoms. The third kappa shape index (κ3) is 3.95. The van der Waals surface area contributed by atoms with Crippen molar-refractivity contribution in [2.24, 2.45) is 5.92 Å². The molecule has 2 N–H and O–H groups in total. The maximum absolute atomic E-state index is 13.4. The van der Waals surface area contributed by atoms with Crippen molar-refractivity contribution in [3.63, 3.8) is 0 Å².